The van der Waals surface area contributed by atoms with E-state index in [1.54, 1.807) is 0 Å². The zero-order chi connectivity index (χ0) is 10.0. The summed E-state index contributed by atoms with van der Waals surface area (Å²) in [6.45, 7) is 4.84. The van der Waals surface area contributed by atoms with Gasteiger partial charge in [0.05, 0.1) is 12.7 Å². The average Bonchev–Trinajstić information content (AvgIpc) is 2.19. The van der Waals surface area contributed by atoms with Crippen LogP contribution >= 0.6 is 0 Å². The minimum atomic E-state index is -0.557. The third kappa shape index (κ3) is 1.81. The monoisotopic (exact) mass is 192 g/mol. The van der Waals surface area contributed by atoms with E-state index in [2.05, 4.69) is 6.92 Å². The van der Waals surface area contributed by atoms with Gasteiger partial charge >= 0.3 is 0 Å². The number of hydrogen-bond donors (Lipinski definition) is 0. The Kier molecular flexibility index (Phi) is 2.57. The quantitative estimate of drug-likeness (QED) is 0.681. The second kappa shape index (κ2) is 3.71. The fraction of sp³-hybridized carbons (Fsp3) is 0.500. The van der Waals surface area contributed by atoms with Crippen molar-refractivity contribution in [2.75, 3.05) is 6.61 Å². The molecule has 0 amide bonds. The molecule has 1 aliphatic heterocycles. The molecule has 2 atom stereocenters. The average molecular weight is 192 g/mol. The fourth-order valence-corrected chi connectivity index (χ4v) is 1.79. The van der Waals surface area contributed by atoms with E-state index >= 15 is 0 Å². The molecule has 0 aliphatic carbocycles. The molecule has 0 radical (unpaired) electrons. The van der Waals surface area contributed by atoms with Crippen molar-refractivity contribution in [2.24, 2.45) is 0 Å². The van der Waals surface area contributed by atoms with Gasteiger partial charge in [0.25, 0.3) is 0 Å². The lowest BCUT2D eigenvalue weighted by Crippen LogP contribution is -2.38. The van der Waals surface area contributed by atoms with Gasteiger partial charge in [-0.2, -0.15) is 0 Å². The molecule has 2 rings (SSSR count). The normalized spacial score (nSPS) is 32.9. The molecule has 1 aliphatic rings. The van der Waals surface area contributed by atoms with Crippen LogP contribution in [-0.2, 0) is 15.3 Å². The Labute approximate surface area is 84.8 Å². The van der Waals surface area contributed by atoms with Crippen LogP contribution in [-0.4, -0.2) is 12.7 Å². The van der Waals surface area contributed by atoms with E-state index in [9.17, 15) is 0 Å². The summed E-state index contributed by atoms with van der Waals surface area (Å²) in [5, 5.41) is 0. The van der Waals surface area contributed by atoms with Crippen molar-refractivity contribution in [2.45, 2.75) is 32.2 Å². The predicted octanol–water partition coefficient (Wildman–Crippen LogP) is 2.68. The second-order valence-electron chi connectivity index (χ2n) is 3.88. The summed E-state index contributed by atoms with van der Waals surface area (Å²) < 4.78 is 11.5. The first-order chi connectivity index (χ1) is 6.71. The molecule has 1 heterocycles. The highest BCUT2D eigenvalue weighted by Gasteiger charge is 2.33. The van der Waals surface area contributed by atoms with Crippen molar-refractivity contribution in [3.05, 3.63) is 35.9 Å². The van der Waals surface area contributed by atoms with Gasteiger partial charge < -0.3 is 9.47 Å². The Morgan fingerprint density at radius 1 is 1.29 bits per heavy atom. The smallest absolute Gasteiger partial charge is 0.192 e. The number of benzene rings is 1. The van der Waals surface area contributed by atoms with E-state index in [0.29, 0.717) is 0 Å². The van der Waals surface area contributed by atoms with E-state index < -0.39 is 5.79 Å². The lowest BCUT2D eigenvalue weighted by Gasteiger charge is -2.37. The maximum Gasteiger partial charge on any atom is 0.192 e. The van der Waals surface area contributed by atoms with Crippen LogP contribution in [0, 0.1) is 0 Å². The molecule has 0 spiro atoms. The summed E-state index contributed by atoms with van der Waals surface area (Å²) in [6.07, 6.45) is 1.25. The molecule has 0 bridgehead atoms. The van der Waals surface area contributed by atoms with Crippen molar-refractivity contribution >= 4 is 0 Å². The lowest BCUT2D eigenvalue weighted by atomic mass is 10.1. The second-order valence-corrected chi connectivity index (χ2v) is 3.88. The van der Waals surface area contributed by atoms with Gasteiger partial charge in [0.1, 0.15) is 0 Å². The van der Waals surface area contributed by atoms with Gasteiger partial charge in [0, 0.05) is 5.56 Å². The molecule has 76 valence electrons. The van der Waals surface area contributed by atoms with Crippen LogP contribution in [0.25, 0.3) is 0 Å². The number of ether oxygens (including phenoxy) is 2. The van der Waals surface area contributed by atoms with Gasteiger partial charge in [-0.05, 0) is 20.3 Å². The SMILES string of the molecule is CC1CCOC(C)(c2ccccc2)O1. The molecule has 1 saturated heterocycles. The van der Waals surface area contributed by atoms with Crippen LogP contribution in [0.3, 0.4) is 0 Å². The first kappa shape index (κ1) is 9.69. The molecular weight excluding hydrogens is 176 g/mol. The third-order valence-corrected chi connectivity index (χ3v) is 2.63. The van der Waals surface area contributed by atoms with Crippen LogP contribution in [0.2, 0.25) is 0 Å². The van der Waals surface area contributed by atoms with Crippen LogP contribution in [0.15, 0.2) is 30.3 Å². The molecule has 0 N–H and O–H groups in total. The predicted molar refractivity (Wildman–Crippen MR) is 54.9 cm³/mol. The summed E-state index contributed by atoms with van der Waals surface area (Å²) in [7, 11) is 0. The van der Waals surface area contributed by atoms with Crippen molar-refractivity contribution < 1.29 is 9.47 Å². The largest absolute Gasteiger partial charge is 0.346 e. The Bertz CT molecular complexity index is 296. The summed E-state index contributed by atoms with van der Waals surface area (Å²) in [5.74, 6) is -0.557. The summed E-state index contributed by atoms with van der Waals surface area (Å²) in [6, 6.07) is 10.1. The van der Waals surface area contributed by atoms with Gasteiger partial charge in [-0.15, -0.1) is 0 Å². The van der Waals surface area contributed by atoms with Gasteiger partial charge in [-0.25, -0.2) is 0 Å². The molecule has 2 unspecified atom stereocenters. The van der Waals surface area contributed by atoms with E-state index in [1.807, 2.05) is 37.3 Å². The highest BCUT2D eigenvalue weighted by atomic mass is 16.7. The van der Waals surface area contributed by atoms with Gasteiger partial charge in [0.15, 0.2) is 5.79 Å². The fourth-order valence-electron chi connectivity index (χ4n) is 1.79. The van der Waals surface area contributed by atoms with E-state index in [1.165, 1.54) is 0 Å². The Hall–Kier alpha value is -0.860. The Balaban J connectivity index is 2.23. The maximum atomic E-state index is 5.84. The summed E-state index contributed by atoms with van der Waals surface area (Å²) in [5.41, 5.74) is 1.09. The van der Waals surface area contributed by atoms with Crippen LogP contribution in [0.4, 0.5) is 0 Å². The number of hydrogen-bond acceptors (Lipinski definition) is 2. The van der Waals surface area contributed by atoms with Crippen LogP contribution < -0.4 is 0 Å². The molecule has 2 nitrogen and oxygen atoms in total. The van der Waals surface area contributed by atoms with Crippen molar-refractivity contribution in [1.82, 2.24) is 0 Å². The van der Waals surface area contributed by atoms with E-state index in [0.717, 1.165) is 18.6 Å². The third-order valence-electron chi connectivity index (χ3n) is 2.63. The first-order valence-corrected chi connectivity index (χ1v) is 5.08. The molecule has 14 heavy (non-hydrogen) atoms. The Morgan fingerprint density at radius 3 is 2.64 bits per heavy atom. The van der Waals surface area contributed by atoms with Gasteiger partial charge in [0.2, 0.25) is 0 Å². The Morgan fingerprint density at radius 2 is 2.00 bits per heavy atom. The lowest BCUT2D eigenvalue weighted by molar-refractivity contribution is -0.288. The molecule has 0 aromatic heterocycles. The standard InChI is InChI=1S/C12H16O2/c1-10-8-9-13-12(2,14-10)11-6-4-3-5-7-11/h3-7,10H,8-9H2,1-2H3. The van der Waals surface area contributed by atoms with Crippen LogP contribution in [0.1, 0.15) is 25.8 Å². The summed E-state index contributed by atoms with van der Waals surface area (Å²) in [4.78, 5) is 0. The van der Waals surface area contributed by atoms with E-state index in [4.69, 9.17) is 9.47 Å². The topological polar surface area (TPSA) is 18.5 Å². The summed E-state index contributed by atoms with van der Waals surface area (Å²) >= 11 is 0. The van der Waals surface area contributed by atoms with Crippen molar-refractivity contribution in [1.29, 1.82) is 0 Å². The molecule has 0 saturated carbocycles. The van der Waals surface area contributed by atoms with Crippen LogP contribution in [0.5, 0.6) is 0 Å². The molecule has 2 heteroatoms. The first-order valence-electron chi connectivity index (χ1n) is 5.08. The van der Waals surface area contributed by atoms with Gasteiger partial charge in [-0.3, -0.25) is 0 Å². The maximum absolute atomic E-state index is 5.84. The minimum Gasteiger partial charge on any atom is -0.346 e. The highest BCUT2D eigenvalue weighted by molar-refractivity contribution is 5.19. The zero-order valence-electron chi connectivity index (χ0n) is 8.69. The molecule has 1 fully saturated rings. The van der Waals surface area contributed by atoms with Crippen molar-refractivity contribution in [3.63, 3.8) is 0 Å². The van der Waals surface area contributed by atoms with Gasteiger partial charge in [-0.1, -0.05) is 30.3 Å². The molecule has 1 aromatic rings. The molecule has 1 aromatic carbocycles. The van der Waals surface area contributed by atoms with Crippen molar-refractivity contribution in [3.8, 4) is 0 Å². The highest BCUT2D eigenvalue weighted by Crippen LogP contribution is 2.32. The minimum absolute atomic E-state index is 0.272. The zero-order valence-corrected chi connectivity index (χ0v) is 8.69. The molecular formula is C12H16O2. The number of rotatable bonds is 1. The van der Waals surface area contributed by atoms with E-state index in [-0.39, 0.29) is 6.10 Å².